The summed E-state index contributed by atoms with van der Waals surface area (Å²) in [7, 11) is -2.77. The van der Waals surface area contributed by atoms with Gasteiger partial charge in [-0.2, -0.15) is 0 Å². The second kappa shape index (κ2) is 6.17. The van der Waals surface area contributed by atoms with Crippen molar-refractivity contribution in [3.05, 3.63) is 47.5 Å². The van der Waals surface area contributed by atoms with E-state index in [-0.39, 0.29) is 0 Å². The average molecular weight is 321 g/mol. The van der Waals surface area contributed by atoms with Crippen LogP contribution in [0.4, 0.5) is 0 Å². The highest BCUT2D eigenvalue weighted by Gasteiger charge is 2.10. The van der Waals surface area contributed by atoms with Crippen LogP contribution in [0, 0.1) is 22.9 Å². The molecular formula is C20H24Si2. The molecule has 112 valence electrons. The van der Waals surface area contributed by atoms with Crippen molar-refractivity contribution in [3.8, 4) is 22.9 Å². The molecule has 0 N–H and O–H groups in total. The molecule has 0 saturated heterocycles. The van der Waals surface area contributed by atoms with Crippen molar-refractivity contribution >= 4 is 26.9 Å². The molecular weight excluding hydrogens is 296 g/mol. The summed E-state index contributed by atoms with van der Waals surface area (Å²) in [6.07, 6.45) is 0. The van der Waals surface area contributed by atoms with E-state index in [0.29, 0.717) is 0 Å². The van der Waals surface area contributed by atoms with E-state index in [1.807, 2.05) is 0 Å². The summed E-state index contributed by atoms with van der Waals surface area (Å²) in [5.74, 6) is 6.84. The molecule has 2 aromatic rings. The van der Waals surface area contributed by atoms with Crippen LogP contribution in [0.15, 0.2) is 36.4 Å². The smallest absolute Gasteiger partial charge is 0.127 e. The number of benzene rings is 2. The van der Waals surface area contributed by atoms with Gasteiger partial charge in [-0.25, -0.2) is 0 Å². The van der Waals surface area contributed by atoms with Gasteiger partial charge in [-0.3, -0.25) is 0 Å². The fourth-order valence-electron chi connectivity index (χ4n) is 2.06. The first-order valence-corrected chi connectivity index (χ1v) is 14.7. The molecule has 0 radical (unpaired) electrons. The quantitative estimate of drug-likeness (QED) is 0.456. The maximum atomic E-state index is 3.48. The monoisotopic (exact) mass is 320 g/mol. The summed E-state index contributed by atoms with van der Waals surface area (Å²) in [4.78, 5) is 0. The summed E-state index contributed by atoms with van der Waals surface area (Å²) in [5.41, 5.74) is 9.18. The third-order valence-electron chi connectivity index (χ3n) is 3.05. The Bertz CT molecular complexity index is 744. The zero-order chi connectivity index (χ0) is 16.4. The van der Waals surface area contributed by atoms with Crippen LogP contribution >= 0.6 is 0 Å². The molecule has 0 nitrogen and oxygen atoms in total. The van der Waals surface area contributed by atoms with Gasteiger partial charge < -0.3 is 0 Å². The molecule has 0 aromatic heterocycles. The third-order valence-corrected chi connectivity index (χ3v) is 4.80. The molecule has 0 aliphatic rings. The van der Waals surface area contributed by atoms with E-state index in [1.165, 1.54) is 10.8 Å². The van der Waals surface area contributed by atoms with Gasteiger partial charge in [0.15, 0.2) is 0 Å². The Labute approximate surface area is 137 Å². The van der Waals surface area contributed by atoms with Crippen LogP contribution in [0.3, 0.4) is 0 Å². The molecule has 2 aromatic carbocycles. The average Bonchev–Trinajstić information content (AvgIpc) is 2.41. The first-order valence-electron chi connectivity index (χ1n) is 7.74. The molecule has 0 bridgehead atoms. The molecule has 0 saturated carbocycles. The van der Waals surface area contributed by atoms with Crippen molar-refractivity contribution in [1.82, 2.24) is 0 Å². The Kier molecular flexibility index (Phi) is 4.66. The lowest BCUT2D eigenvalue weighted by molar-refractivity contribution is 1.66. The SMILES string of the molecule is C[Si](C)(C)C#Cc1cccc2cccc(C#C[Si](C)(C)C)c12. The predicted molar refractivity (Wildman–Crippen MR) is 104 cm³/mol. The van der Waals surface area contributed by atoms with Gasteiger partial charge in [-0.15, -0.1) is 11.1 Å². The molecule has 0 aliphatic heterocycles. The van der Waals surface area contributed by atoms with E-state index in [0.717, 1.165) is 11.1 Å². The number of rotatable bonds is 0. The van der Waals surface area contributed by atoms with Crippen molar-refractivity contribution in [1.29, 1.82) is 0 Å². The molecule has 0 fully saturated rings. The number of hydrogen-bond acceptors (Lipinski definition) is 0. The molecule has 0 amide bonds. The largest absolute Gasteiger partial charge is 0.129 e. The van der Waals surface area contributed by atoms with Crippen LogP contribution in [-0.2, 0) is 0 Å². The van der Waals surface area contributed by atoms with Crippen molar-refractivity contribution in [2.75, 3.05) is 0 Å². The van der Waals surface area contributed by atoms with Crippen LogP contribution < -0.4 is 0 Å². The topological polar surface area (TPSA) is 0 Å². The first-order chi connectivity index (χ1) is 10.2. The normalized spacial score (nSPS) is 11.4. The zero-order valence-corrected chi connectivity index (χ0v) is 16.5. The van der Waals surface area contributed by atoms with Gasteiger partial charge >= 0.3 is 0 Å². The lowest BCUT2D eigenvalue weighted by Gasteiger charge is -2.07. The highest BCUT2D eigenvalue weighted by molar-refractivity contribution is 6.84. The molecule has 22 heavy (non-hydrogen) atoms. The van der Waals surface area contributed by atoms with Crippen molar-refractivity contribution in [3.63, 3.8) is 0 Å². The zero-order valence-electron chi connectivity index (χ0n) is 14.5. The molecule has 0 unspecified atom stereocenters. The molecule has 2 heteroatoms. The Morgan fingerprint density at radius 1 is 0.636 bits per heavy atom. The standard InChI is InChI=1S/C20H24Si2/c1-21(2,3)15-13-18-11-7-9-17-10-8-12-19(20(17)18)14-16-22(4,5)6/h7-12H,1-6H3. The van der Waals surface area contributed by atoms with Gasteiger partial charge in [0, 0.05) is 16.5 Å². The Hall–Kier alpha value is -1.75. The first kappa shape index (κ1) is 16.6. The molecule has 0 spiro atoms. The van der Waals surface area contributed by atoms with Crippen molar-refractivity contribution < 1.29 is 0 Å². The minimum atomic E-state index is -1.38. The van der Waals surface area contributed by atoms with Gasteiger partial charge in [-0.05, 0) is 17.5 Å². The van der Waals surface area contributed by atoms with E-state index < -0.39 is 16.1 Å². The van der Waals surface area contributed by atoms with Crippen LogP contribution in [0.2, 0.25) is 39.3 Å². The molecule has 0 atom stereocenters. The number of hydrogen-bond donors (Lipinski definition) is 0. The summed E-state index contributed by atoms with van der Waals surface area (Å²) >= 11 is 0. The summed E-state index contributed by atoms with van der Waals surface area (Å²) < 4.78 is 0. The summed E-state index contributed by atoms with van der Waals surface area (Å²) in [6.45, 7) is 13.6. The maximum absolute atomic E-state index is 3.48. The van der Waals surface area contributed by atoms with Crippen molar-refractivity contribution in [2.45, 2.75) is 39.3 Å². The highest BCUT2D eigenvalue weighted by atomic mass is 28.3. The Morgan fingerprint density at radius 3 is 1.41 bits per heavy atom. The number of fused-ring (bicyclic) bond motifs is 1. The molecule has 2 rings (SSSR count). The van der Waals surface area contributed by atoms with Gasteiger partial charge in [0.2, 0.25) is 0 Å². The minimum absolute atomic E-state index is 1.11. The van der Waals surface area contributed by atoms with E-state index in [4.69, 9.17) is 0 Å². The third kappa shape index (κ3) is 4.63. The van der Waals surface area contributed by atoms with Gasteiger partial charge in [-0.1, -0.05) is 75.4 Å². The van der Waals surface area contributed by atoms with E-state index in [2.05, 4.69) is 98.6 Å². The molecule has 0 aliphatic carbocycles. The highest BCUT2D eigenvalue weighted by Crippen LogP contribution is 2.22. The van der Waals surface area contributed by atoms with Crippen LogP contribution in [-0.4, -0.2) is 16.1 Å². The fourth-order valence-corrected chi connectivity index (χ4v) is 3.08. The lowest BCUT2D eigenvalue weighted by Crippen LogP contribution is -2.16. The predicted octanol–water partition coefficient (Wildman–Crippen LogP) is 5.30. The van der Waals surface area contributed by atoms with Crippen LogP contribution in [0.25, 0.3) is 10.8 Å². The van der Waals surface area contributed by atoms with Gasteiger partial charge in [0.25, 0.3) is 0 Å². The summed E-state index contributed by atoms with van der Waals surface area (Å²) in [5, 5.41) is 2.44. The second-order valence-electron chi connectivity index (χ2n) is 7.71. The second-order valence-corrected chi connectivity index (χ2v) is 17.2. The van der Waals surface area contributed by atoms with Crippen LogP contribution in [0.1, 0.15) is 11.1 Å². The van der Waals surface area contributed by atoms with Gasteiger partial charge in [0.05, 0.1) is 0 Å². The maximum Gasteiger partial charge on any atom is 0.129 e. The minimum Gasteiger partial charge on any atom is -0.127 e. The van der Waals surface area contributed by atoms with Gasteiger partial charge in [0.1, 0.15) is 16.1 Å². The molecule has 0 heterocycles. The summed E-state index contributed by atoms with van der Waals surface area (Å²) in [6, 6.07) is 12.7. The van der Waals surface area contributed by atoms with Crippen LogP contribution in [0.5, 0.6) is 0 Å². The van der Waals surface area contributed by atoms with E-state index >= 15 is 0 Å². The lowest BCUT2D eigenvalue weighted by atomic mass is 10.00. The Morgan fingerprint density at radius 2 is 1.05 bits per heavy atom. The van der Waals surface area contributed by atoms with Crippen molar-refractivity contribution in [2.24, 2.45) is 0 Å². The van der Waals surface area contributed by atoms with E-state index in [9.17, 15) is 0 Å². The van der Waals surface area contributed by atoms with E-state index in [1.54, 1.807) is 0 Å². The Balaban J connectivity index is 2.68. The fraction of sp³-hybridized carbons (Fsp3) is 0.300.